The van der Waals surface area contributed by atoms with Crippen LogP contribution in [-0.4, -0.2) is 32.2 Å². The molecule has 1 aromatic heterocycles. The number of carbonyl (C=O) groups is 1. The molecule has 1 amide bonds. The monoisotopic (exact) mass is 375 g/mol. The summed E-state index contributed by atoms with van der Waals surface area (Å²) in [6.45, 7) is 2.70. The minimum absolute atomic E-state index is 0.00678. The topological polar surface area (TPSA) is 69.2 Å². The molecule has 1 heterocycles. The smallest absolute Gasteiger partial charge is 0.272 e. The number of benzene rings is 2. The number of aromatic nitrogens is 2. The average Bonchev–Trinajstić information content (AvgIpc) is 3.40. The molecule has 2 N–H and O–H groups in total. The van der Waals surface area contributed by atoms with Crippen molar-refractivity contribution in [3.8, 4) is 17.0 Å². The number of carbonyl (C=O) groups excluding carboxylic acids is 1. The largest absolute Gasteiger partial charge is 0.508 e. The lowest BCUT2D eigenvalue weighted by molar-refractivity contribution is 0.0658. The minimum atomic E-state index is -0.00678. The summed E-state index contributed by atoms with van der Waals surface area (Å²) in [5, 5.41) is 16.7. The van der Waals surface area contributed by atoms with E-state index in [-0.39, 0.29) is 17.7 Å². The molecule has 0 saturated heterocycles. The van der Waals surface area contributed by atoms with Gasteiger partial charge in [0.2, 0.25) is 0 Å². The third-order valence-corrected chi connectivity index (χ3v) is 5.60. The summed E-state index contributed by atoms with van der Waals surface area (Å²) >= 11 is 0. The van der Waals surface area contributed by atoms with Crippen LogP contribution in [0.25, 0.3) is 11.3 Å². The molecule has 0 aliphatic heterocycles. The molecule has 0 spiro atoms. The number of hydrogen-bond donors (Lipinski definition) is 2. The lowest BCUT2D eigenvalue weighted by atomic mass is 10.1. The zero-order valence-corrected chi connectivity index (χ0v) is 16.1. The second kappa shape index (κ2) is 7.89. The molecule has 28 heavy (non-hydrogen) atoms. The van der Waals surface area contributed by atoms with E-state index < -0.39 is 0 Å². The van der Waals surface area contributed by atoms with Gasteiger partial charge in [-0.05, 0) is 61.2 Å². The van der Waals surface area contributed by atoms with Gasteiger partial charge in [-0.2, -0.15) is 5.10 Å². The maximum Gasteiger partial charge on any atom is 0.272 e. The van der Waals surface area contributed by atoms with Crippen molar-refractivity contribution in [2.24, 2.45) is 0 Å². The Kier molecular flexibility index (Phi) is 5.15. The van der Waals surface area contributed by atoms with Crippen LogP contribution >= 0.6 is 0 Å². The maximum atomic E-state index is 13.4. The number of nitrogens with one attached hydrogen (secondary N) is 1. The van der Waals surface area contributed by atoms with Crippen molar-refractivity contribution < 1.29 is 9.90 Å². The highest BCUT2D eigenvalue weighted by Gasteiger charge is 2.29. The van der Waals surface area contributed by atoms with Crippen molar-refractivity contribution in [2.45, 2.75) is 45.2 Å². The Bertz CT molecular complexity index is 956. The summed E-state index contributed by atoms with van der Waals surface area (Å²) in [4.78, 5) is 15.4. The van der Waals surface area contributed by atoms with Crippen LogP contribution in [0.3, 0.4) is 0 Å². The molecule has 0 radical (unpaired) electrons. The number of rotatable bonds is 5. The van der Waals surface area contributed by atoms with E-state index in [1.807, 2.05) is 17.0 Å². The Balaban J connectivity index is 1.60. The first-order chi connectivity index (χ1) is 13.6. The number of aromatic hydroxyl groups is 1. The first kappa shape index (κ1) is 18.3. The Morgan fingerprint density at radius 3 is 2.57 bits per heavy atom. The van der Waals surface area contributed by atoms with E-state index in [0.29, 0.717) is 17.9 Å². The second-order valence-electron chi connectivity index (χ2n) is 7.51. The number of nitrogens with zero attached hydrogens (tertiary/aromatic N) is 2. The Morgan fingerprint density at radius 2 is 1.86 bits per heavy atom. The lowest BCUT2D eigenvalue weighted by Crippen LogP contribution is -2.38. The zero-order chi connectivity index (χ0) is 19.5. The molecule has 144 valence electrons. The first-order valence-corrected chi connectivity index (χ1v) is 9.82. The van der Waals surface area contributed by atoms with Gasteiger partial charge in [0.25, 0.3) is 5.91 Å². The Labute approximate surface area is 165 Å². The van der Waals surface area contributed by atoms with E-state index in [1.54, 1.807) is 30.3 Å². The Hall–Kier alpha value is -3.08. The average molecular weight is 375 g/mol. The van der Waals surface area contributed by atoms with Gasteiger partial charge in [0.05, 0.1) is 5.69 Å². The summed E-state index contributed by atoms with van der Waals surface area (Å²) in [7, 11) is 0. The maximum absolute atomic E-state index is 13.4. The molecule has 1 saturated carbocycles. The van der Waals surface area contributed by atoms with Crippen molar-refractivity contribution in [3.05, 3.63) is 71.4 Å². The van der Waals surface area contributed by atoms with Gasteiger partial charge < -0.3 is 10.0 Å². The van der Waals surface area contributed by atoms with Crippen LogP contribution in [0.2, 0.25) is 0 Å². The van der Waals surface area contributed by atoms with Crippen molar-refractivity contribution in [3.63, 3.8) is 0 Å². The summed E-state index contributed by atoms with van der Waals surface area (Å²) in [5.41, 5.74) is 4.45. The van der Waals surface area contributed by atoms with Crippen LogP contribution in [0.15, 0.2) is 54.6 Å². The molecular weight excluding hydrogens is 350 g/mol. The van der Waals surface area contributed by atoms with Gasteiger partial charge in [0.1, 0.15) is 11.4 Å². The molecule has 0 unspecified atom stereocenters. The highest BCUT2D eigenvalue weighted by atomic mass is 16.3. The third kappa shape index (κ3) is 3.79. The molecule has 4 rings (SSSR count). The Morgan fingerprint density at radius 1 is 1.14 bits per heavy atom. The fourth-order valence-corrected chi connectivity index (χ4v) is 3.92. The van der Waals surface area contributed by atoms with Crippen LogP contribution in [0.4, 0.5) is 0 Å². The van der Waals surface area contributed by atoms with Gasteiger partial charge in [-0.3, -0.25) is 9.89 Å². The van der Waals surface area contributed by atoms with E-state index in [4.69, 9.17) is 0 Å². The minimum Gasteiger partial charge on any atom is -0.508 e. The summed E-state index contributed by atoms with van der Waals surface area (Å²) in [6, 6.07) is 17.1. The van der Waals surface area contributed by atoms with E-state index in [9.17, 15) is 9.90 Å². The number of hydrogen-bond acceptors (Lipinski definition) is 3. The van der Waals surface area contributed by atoms with Gasteiger partial charge in [0, 0.05) is 18.2 Å². The number of aryl methyl sites for hydroxylation is 1. The number of phenolic OH excluding ortho intramolecular Hbond substituents is 1. The molecule has 3 aromatic rings. The predicted molar refractivity (Wildman–Crippen MR) is 109 cm³/mol. The van der Waals surface area contributed by atoms with Gasteiger partial charge in [-0.1, -0.05) is 37.1 Å². The number of amides is 1. The molecule has 0 bridgehead atoms. The predicted octanol–water partition coefficient (Wildman–Crippen LogP) is 4.68. The second-order valence-corrected chi connectivity index (χ2v) is 7.51. The summed E-state index contributed by atoms with van der Waals surface area (Å²) < 4.78 is 0. The number of H-pyrrole nitrogens is 1. The molecule has 5 nitrogen and oxygen atoms in total. The van der Waals surface area contributed by atoms with E-state index in [2.05, 4.69) is 29.3 Å². The highest BCUT2D eigenvalue weighted by Crippen LogP contribution is 2.28. The van der Waals surface area contributed by atoms with E-state index in [1.165, 1.54) is 24.0 Å². The van der Waals surface area contributed by atoms with Crippen molar-refractivity contribution >= 4 is 5.91 Å². The van der Waals surface area contributed by atoms with Gasteiger partial charge in [0.15, 0.2) is 0 Å². The van der Waals surface area contributed by atoms with Gasteiger partial charge in [-0.25, -0.2) is 0 Å². The number of aromatic amines is 1. The molecule has 1 aliphatic rings. The van der Waals surface area contributed by atoms with Gasteiger partial charge >= 0.3 is 0 Å². The first-order valence-electron chi connectivity index (χ1n) is 9.82. The SMILES string of the molecule is Cc1ccccc1CN(C(=O)c1cc(-c2ccc(O)cc2)n[nH]1)C1CCCC1. The molecule has 5 heteroatoms. The van der Waals surface area contributed by atoms with Crippen LogP contribution < -0.4 is 0 Å². The molecule has 2 aromatic carbocycles. The fourth-order valence-electron chi connectivity index (χ4n) is 3.92. The summed E-state index contributed by atoms with van der Waals surface area (Å²) in [6.07, 6.45) is 4.45. The third-order valence-electron chi connectivity index (χ3n) is 5.60. The van der Waals surface area contributed by atoms with E-state index in [0.717, 1.165) is 18.4 Å². The van der Waals surface area contributed by atoms with E-state index >= 15 is 0 Å². The fraction of sp³-hybridized carbons (Fsp3) is 0.304. The van der Waals surface area contributed by atoms with Crippen LogP contribution in [0.1, 0.15) is 47.3 Å². The van der Waals surface area contributed by atoms with Crippen LogP contribution in [-0.2, 0) is 6.54 Å². The molecule has 1 fully saturated rings. The van der Waals surface area contributed by atoms with Gasteiger partial charge in [-0.15, -0.1) is 0 Å². The zero-order valence-electron chi connectivity index (χ0n) is 16.1. The summed E-state index contributed by atoms with van der Waals surface area (Å²) in [5.74, 6) is 0.203. The van der Waals surface area contributed by atoms with Crippen LogP contribution in [0.5, 0.6) is 5.75 Å². The normalized spacial score (nSPS) is 14.3. The molecule has 0 atom stereocenters. The standard InChI is InChI=1S/C23H25N3O2/c1-16-6-2-3-7-18(16)15-26(19-8-4-5-9-19)23(28)22-14-21(24-25-22)17-10-12-20(27)13-11-17/h2-3,6-7,10-14,19,27H,4-5,8-9,15H2,1H3,(H,24,25). The molecule has 1 aliphatic carbocycles. The van der Waals surface area contributed by atoms with Crippen molar-refractivity contribution in [2.75, 3.05) is 0 Å². The lowest BCUT2D eigenvalue weighted by Gasteiger charge is -2.29. The van der Waals surface area contributed by atoms with Crippen molar-refractivity contribution in [1.82, 2.24) is 15.1 Å². The highest BCUT2D eigenvalue weighted by molar-refractivity contribution is 5.93. The quantitative estimate of drug-likeness (QED) is 0.680. The molecular formula is C23H25N3O2. The van der Waals surface area contributed by atoms with Crippen LogP contribution in [0, 0.1) is 6.92 Å². The number of phenols is 1. The van der Waals surface area contributed by atoms with Crippen molar-refractivity contribution in [1.29, 1.82) is 0 Å².